The second-order valence-electron chi connectivity index (χ2n) is 5.54. The Labute approximate surface area is 123 Å². The van der Waals surface area contributed by atoms with E-state index in [0.29, 0.717) is 11.7 Å². The first-order valence-electron chi connectivity index (χ1n) is 6.77. The highest BCUT2D eigenvalue weighted by molar-refractivity contribution is 7.13. The maximum absolute atomic E-state index is 11.9. The summed E-state index contributed by atoms with van der Waals surface area (Å²) in [6, 6.07) is 0. The van der Waals surface area contributed by atoms with E-state index in [-0.39, 0.29) is 17.9 Å². The van der Waals surface area contributed by atoms with Crippen LogP contribution in [-0.2, 0) is 16.0 Å². The fraction of sp³-hybridized carbons (Fsp3) is 0.692. The molecule has 3 N–H and O–H groups in total. The van der Waals surface area contributed by atoms with E-state index in [1.165, 1.54) is 11.3 Å². The van der Waals surface area contributed by atoms with E-state index in [1.807, 2.05) is 5.38 Å². The Hall–Kier alpha value is -1.18. The maximum atomic E-state index is 11.9. The summed E-state index contributed by atoms with van der Waals surface area (Å²) in [4.78, 5) is 18.4. The molecule has 7 heteroatoms. The van der Waals surface area contributed by atoms with E-state index < -0.39 is 0 Å². The lowest BCUT2D eigenvalue weighted by Crippen LogP contribution is -2.55. The molecular weight excluding hydrogens is 276 g/mol. The zero-order chi connectivity index (χ0) is 14.6. The molecule has 1 aliphatic rings. The number of nitrogens with one attached hydrogen (secondary N) is 1. The van der Waals surface area contributed by atoms with Crippen LogP contribution in [0.4, 0.5) is 5.13 Å². The summed E-state index contributed by atoms with van der Waals surface area (Å²) >= 11 is 1.36. The molecule has 1 saturated heterocycles. The molecule has 0 unspecified atom stereocenters. The van der Waals surface area contributed by atoms with Gasteiger partial charge >= 0.3 is 0 Å². The van der Waals surface area contributed by atoms with Crippen LogP contribution in [0.5, 0.6) is 0 Å². The molecule has 0 aromatic carbocycles. The SMILES string of the molecule is CC(C)(CNC(=O)Cc1csc(N)n1)N1CCOCC1. The third-order valence-corrected chi connectivity index (χ3v) is 4.22. The van der Waals surface area contributed by atoms with Crippen molar-refractivity contribution in [2.45, 2.75) is 25.8 Å². The molecule has 0 atom stereocenters. The number of nitrogens with two attached hydrogens (primary N) is 1. The van der Waals surface area contributed by atoms with E-state index >= 15 is 0 Å². The molecule has 0 radical (unpaired) electrons. The molecule has 1 aliphatic heterocycles. The summed E-state index contributed by atoms with van der Waals surface area (Å²) in [6.07, 6.45) is 0.285. The average molecular weight is 298 g/mol. The van der Waals surface area contributed by atoms with Crippen molar-refractivity contribution in [3.63, 3.8) is 0 Å². The van der Waals surface area contributed by atoms with E-state index in [4.69, 9.17) is 10.5 Å². The van der Waals surface area contributed by atoms with Crippen LogP contribution in [0.3, 0.4) is 0 Å². The minimum Gasteiger partial charge on any atom is -0.379 e. The molecule has 2 heterocycles. The van der Waals surface area contributed by atoms with Gasteiger partial charge in [0, 0.05) is 30.6 Å². The molecule has 6 nitrogen and oxygen atoms in total. The average Bonchev–Trinajstić information content (AvgIpc) is 2.83. The second kappa shape index (κ2) is 6.51. The Morgan fingerprint density at radius 3 is 2.85 bits per heavy atom. The predicted octanol–water partition coefficient (Wildman–Crippen LogP) is 0.495. The monoisotopic (exact) mass is 298 g/mol. The number of morpholine rings is 1. The Morgan fingerprint density at radius 1 is 1.55 bits per heavy atom. The summed E-state index contributed by atoms with van der Waals surface area (Å²) in [5.74, 6) is -0.0170. The van der Waals surface area contributed by atoms with Gasteiger partial charge in [0.1, 0.15) is 0 Å². The van der Waals surface area contributed by atoms with Crippen molar-refractivity contribution in [1.29, 1.82) is 0 Å². The normalized spacial score (nSPS) is 17.1. The number of nitrogen functional groups attached to an aromatic ring is 1. The van der Waals surface area contributed by atoms with E-state index in [0.717, 1.165) is 32.0 Å². The van der Waals surface area contributed by atoms with Crippen molar-refractivity contribution in [2.75, 3.05) is 38.6 Å². The van der Waals surface area contributed by atoms with Crippen molar-refractivity contribution in [3.05, 3.63) is 11.1 Å². The van der Waals surface area contributed by atoms with Gasteiger partial charge in [-0.1, -0.05) is 0 Å². The van der Waals surface area contributed by atoms with Gasteiger partial charge in [-0.3, -0.25) is 9.69 Å². The third-order valence-electron chi connectivity index (χ3n) is 3.50. The molecular formula is C13H22N4O2S. The Balaban J connectivity index is 1.79. The van der Waals surface area contributed by atoms with Crippen LogP contribution in [0, 0.1) is 0 Å². The molecule has 0 aliphatic carbocycles. The predicted molar refractivity (Wildman–Crippen MR) is 79.7 cm³/mol. The standard InChI is InChI=1S/C13H22N4O2S/c1-13(2,17-3-5-19-6-4-17)9-15-11(18)7-10-8-20-12(14)16-10/h8H,3-7,9H2,1-2H3,(H2,14,16)(H,15,18). The van der Waals surface area contributed by atoms with Crippen molar-refractivity contribution in [3.8, 4) is 0 Å². The number of carbonyl (C=O) groups is 1. The zero-order valence-electron chi connectivity index (χ0n) is 12.0. The largest absolute Gasteiger partial charge is 0.379 e. The van der Waals surface area contributed by atoms with Gasteiger partial charge in [-0.05, 0) is 13.8 Å². The molecule has 0 saturated carbocycles. The van der Waals surface area contributed by atoms with Gasteiger partial charge in [0.2, 0.25) is 5.91 Å². The summed E-state index contributed by atoms with van der Waals surface area (Å²) in [5, 5.41) is 5.30. The van der Waals surface area contributed by atoms with Crippen LogP contribution in [0.1, 0.15) is 19.5 Å². The first-order valence-corrected chi connectivity index (χ1v) is 7.65. The highest BCUT2D eigenvalue weighted by Crippen LogP contribution is 2.15. The number of anilines is 1. The molecule has 0 spiro atoms. The smallest absolute Gasteiger partial charge is 0.226 e. The lowest BCUT2D eigenvalue weighted by Gasteiger charge is -2.40. The fourth-order valence-corrected chi connectivity index (χ4v) is 2.79. The van der Waals surface area contributed by atoms with E-state index in [9.17, 15) is 4.79 Å². The zero-order valence-corrected chi connectivity index (χ0v) is 12.8. The van der Waals surface area contributed by atoms with Crippen LogP contribution in [0.2, 0.25) is 0 Å². The Kier molecular flexibility index (Phi) is 4.95. The van der Waals surface area contributed by atoms with E-state index in [2.05, 4.69) is 29.0 Å². The molecule has 2 rings (SSSR count). The number of amides is 1. The number of rotatable bonds is 5. The molecule has 1 aromatic rings. The van der Waals surface area contributed by atoms with Gasteiger partial charge in [0.15, 0.2) is 5.13 Å². The lowest BCUT2D eigenvalue weighted by molar-refractivity contribution is -0.121. The number of hydrogen-bond donors (Lipinski definition) is 2. The minimum atomic E-state index is -0.0689. The summed E-state index contributed by atoms with van der Waals surface area (Å²) in [6.45, 7) is 8.23. The van der Waals surface area contributed by atoms with Crippen molar-refractivity contribution in [2.24, 2.45) is 0 Å². The highest BCUT2D eigenvalue weighted by atomic mass is 32.1. The summed E-state index contributed by atoms with van der Waals surface area (Å²) in [5.41, 5.74) is 6.21. The van der Waals surface area contributed by atoms with Gasteiger partial charge < -0.3 is 15.8 Å². The topological polar surface area (TPSA) is 80.5 Å². The Morgan fingerprint density at radius 2 is 2.25 bits per heavy atom. The number of hydrogen-bond acceptors (Lipinski definition) is 6. The highest BCUT2D eigenvalue weighted by Gasteiger charge is 2.28. The second-order valence-corrected chi connectivity index (χ2v) is 6.43. The summed E-state index contributed by atoms with van der Waals surface area (Å²) < 4.78 is 5.35. The molecule has 0 bridgehead atoms. The number of thiazole rings is 1. The maximum Gasteiger partial charge on any atom is 0.226 e. The van der Waals surface area contributed by atoms with Crippen LogP contribution >= 0.6 is 11.3 Å². The molecule has 1 fully saturated rings. The minimum absolute atomic E-state index is 0.0170. The van der Waals surface area contributed by atoms with Crippen LogP contribution < -0.4 is 11.1 Å². The molecule has 1 amide bonds. The Bertz CT molecular complexity index is 455. The first kappa shape index (κ1) is 15.2. The van der Waals surface area contributed by atoms with E-state index in [1.54, 1.807) is 0 Å². The summed E-state index contributed by atoms with van der Waals surface area (Å²) in [7, 11) is 0. The number of nitrogens with zero attached hydrogens (tertiary/aromatic N) is 2. The van der Waals surface area contributed by atoms with Gasteiger partial charge in [-0.25, -0.2) is 4.98 Å². The van der Waals surface area contributed by atoms with Crippen molar-refractivity contribution >= 4 is 22.4 Å². The molecule has 20 heavy (non-hydrogen) atoms. The third kappa shape index (κ3) is 4.16. The van der Waals surface area contributed by atoms with Crippen LogP contribution in [0.25, 0.3) is 0 Å². The first-order chi connectivity index (χ1) is 9.47. The molecule has 1 aromatic heterocycles. The van der Waals surface area contributed by atoms with Crippen LogP contribution in [0.15, 0.2) is 5.38 Å². The number of aromatic nitrogens is 1. The van der Waals surface area contributed by atoms with Crippen molar-refractivity contribution in [1.82, 2.24) is 15.2 Å². The van der Waals surface area contributed by atoms with Gasteiger partial charge in [-0.15, -0.1) is 11.3 Å². The quantitative estimate of drug-likeness (QED) is 0.827. The molecule has 112 valence electrons. The van der Waals surface area contributed by atoms with Gasteiger partial charge in [-0.2, -0.15) is 0 Å². The van der Waals surface area contributed by atoms with Crippen LogP contribution in [-0.4, -0.2) is 54.2 Å². The fourth-order valence-electron chi connectivity index (χ4n) is 2.23. The van der Waals surface area contributed by atoms with Gasteiger partial charge in [0.25, 0.3) is 0 Å². The number of ether oxygens (including phenoxy) is 1. The van der Waals surface area contributed by atoms with Gasteiger partial charge in [0.05, 0.1) is 25.3 Å². The van der Waals surface area contributed by atoms with Crippen molar-refractivity contribution < 1.29 is 9.53 Å². The lowest BCUT2D eigenvalue weighted by atomic mass is 10.0. The number of carbonyl (C=O) groups excluding carboxylic acids is 1.